The highest BCUT2D eigenvalue weighted by Gasteiger charge is 1.88. The predicted octanol–water partition coefficient (Wildman–Crippen LogP) is 0.601. The lowest BCUT2D eigenvalue weighted by Gasteiger charge is -1.87. The van der Waals surface area contributed by atoms with Crippen molar-refractivity contribution >= 4 is 11.3 Å². The molecule has 0 radical (unpaired) electrons. The van der Waals surface area contributed by atoms with E-state index in [9.17, 15) is 4.79 Å². The number of hydrogen-bond donors (Lipinski definition) is 1. The van der Waals surface area contributed by atoms with Crippen LogP contribution < -0.4 is 5.43 Å². The molecule has 0 fully saturated rings. The van der Waals surface area contributed by atoms with E-state index in [0.717, 1.165) is 0 Å². The average Bonchev–Trinajstić information content (AvgIpc) is 1.88. The molecule has 0 saturated carbocycles. The highest BCUT2D eigenvalue weighted by atomic mass is 32.1. The van der Waals surface area contributed by atoms with E-state index in [0.29, 0.717) is 4.88 Å². The number of aliphatic hydroxyl groups is 1. The number of hydrogen-bond acceptors (Lipinski definition) is 3. The second kappa shape index (κ2) is 2.75. The zero-order valence-electron chi connectivity index (χ0n) is 4.70. The van der Waals surface area contributed by atoms with Crippen LogP contribution in [0, 0.1) is 0 Å². The molecule has 0 aliphatic rings. The van der Waals surface area contributed by atoms with E-state index in [4.69, 9.17) is 5.11 Å². The van der Waals surface area contributed by atoms with Gasteiger partial charge in [-0.15, -0.1) is 11.3 Å². The van der Waals surface area contributed by atoms with Gasteiger partial charge in [-0.3, -0.25) is 4.79 Å². The van der Waals surface area contributed by atoms with Crippen LogP contribution in [-0.4, -0.2) is 5.11 Å². The largest absolute Gasteiger partial charge is 0.391 e. The van der Waals surface area contributed by atoms with E-state index in [2.05, 4.69) is 0 Å². The molecule has 0 spiro atoms. The minimum Gasteiger partial charge on any atom is -0.391 e. The van der Waals surface area contributed by atoms with Crippen LogP contribution in [0.1, 0.15) is 4.88 Å². The SMILES string of the molecule is O=c1ccsc(CO)c1. The van der Waals surface area contributed by atoms with Crippen molar-refractivity contribution in [2.75, 3.05) is 0 Å². The first-order valence-corrected chi connectivity index (χ1v) is 3.39. The summed E-state index contributed by atoms with van der Waals surface area (Å²) in [4.78, 5) is 11.3. The molecule has 3 heteroatoms. The lowest BCUT2D eigenvalue weighted by molar-refractivity contribution is 0.285. The molecule has 1 heterocycles. The Labute approximate surface area is 56.4 Å². The molecule has 0 aromatic carbocycles. The maximum absolute atomic E-state index is 10.5. The highest BCUT2D eigenvalue weighted by Crippen LogP contribution is 2.01. The van der Waals surface area contributed by atoms with Gasteiger partial charge in [-0.05, 0) is 11.4 Å². The van der Waals surface area contributed by atoms with Gasteiger partial charge >= 0.3 is 0 Å². The van der Waals surface area contributed by atoms with E-state index < -0.39 is 0 Å². The molecule has 0 bridgehead atoms. The first-order chi connectivity index (χ1) is 4.33. The fraction of sp³-hybridized carbons (Fsp3) is 0.167. The molecule has 0 unspecified atom stereocenters. The Morgan fingerprint density at radius 1 is 1.67 bits per heavy atom. The molecule has 1 aromatic heterocycles. The fourth-order valence-corrected chi connectivity index (χ4v) is 1.15. The van der Waals surface area contributed by atoms with Gasteiger partial charge in [0.15, 0.2) is 5.43 Å². The van der Waals surface area contributed by atoms with Crippen molar-refractivity contribution in [3.05, 3.63) is 32.6 Å². The van der Waals surface area contributed by atoms with Gasteiger partial charge in [0, 0.05) is 10.9 Å². The molecule has 0 saturated heterocycles. The van der Waals surface area contributed by atoms with Crippen LogP contribution in [0.15, 0.2) is 22.3 Å². The van der Waals surface area contributed by atoms with Crippen LogP contribution in [0.25, 0.3) is 0 Å². The van der Waals surface area contributed by atoms with Gasteiger partial charge in [0.1, 0.15) is 0 Å². The zero-order chi connectivity index (χ0) is 6.69. The Hall–Kier alpha value is -0.670. The smallest absolute Gasteiger partial charge is 0.180 e. The van der Waals surface area contributed by atoms with Crippen LogP contribution in [0.3, 0.4) is 0 Å². The van der Waals surface area contributed by atoms with Gasteiger partial charge in [0.2, 0.25) is 0 Å². The van der Waals surface area contributed by atoms with Crippen molar-refractivity contribution < 1.29 is 5.11 Å². The van der Waals surface area contributed by atoms with E-state index >= 15 is 0 Å². The van der Waals surface area contributed by atoms with Gasteiger partial charge in [0.25, 0.3) is 0 Å². The van der Waals surface area contributed by atoms with Crippen molar-refractivity contribution in [2.45, 2.75) is 6.61 Å². The van der Waals surface area contributed by atoms with Gasteiger partial charge in [0.05, 0.1) is 6.61 Å². The molecule has 0 amide bonds. The number of rotatable bonds is 1. The maximum Gasteiger partial charge on any atom is 0.180 e. The molecular weight excluding hydrogens is 136 g/mol. The second-order valence-corrected chi connectivity index (χ2v) is 2.62. The van der Waals surface area contributed by atoms with E-state index in [1.807, 2.05) is 0 Å². The summed E-state index contributed by atoms with van der Waals surface area (Å²) in [5.41, 5.74) is -0.0437. The Morgan fingerprint density at radius 2 is 2.44 bits per heavy atom. The summed E-state index contributed by atoms with van der Waals surface area (Å²) >= 11 is 1.38. The molecule has 48 valence electrons. The minimum atomic E-state index is -0.0437. The molecule has 1 aromatic rings. The third-order valence-corrected chi connectivity index (χ3v) is 1.73. The molecule has 9 heavy (non-hydrogen) atoms. The quantitative estimate of drug-likeness (QED) is 0.623. The topological polar surface area (TPSA) is 37.3 Å². The second-order valence-electron chi connectivity index (χ2n) is 1.59. The molecule has 1 rings (SSSR count). The van der Waals surface area contributed by atoms with Crippen LogP contribution in [0.2, 0.25) is 0 Å². The monoisotopic (exact) mass is 142 g/mol. The normalized spacial score (nSPS) is 9.44. The van der Waals surface area contributed by atoms with E-state index in [1.165, 1.54) is 23.5 Å². The lowest BCUT2D eigenvalue weighted by atomic mass is 10.4. The first-order valence-electron chi connectivity index (χ1n) is 2.51. The zero-order valence-corrected chi connectivity index (χ0v) is 5.52. The minimum absolute atomic E-state index is 0.0409. The van der Waals surface area contributed by atoms with Gasteiger partial charge < -0.3 is 5.11 Å². The summed E-state index contributed by atoms with van der Waals surface area (Å²) in [6.07, 6.45) is 0. The third kappa shape index (κ3) is 1.62. The van der Waals surface area contributed by atoms with Gasteiger partial charge in [-0.25, -0.2) is 0 Å². The van der Waals surface area contributed by atoms with Crippen molar-refractivity contribution in [1.82, 2.24) is 0 Å². The molecule has 2 nitrogen and oxygen atoms in total. The van der Waals surface area contributed by atoms with Crippen molar-refractivity contribution in [3.63, 3.8) is 0 Å². The first kappa shape index (κ1) is 6.45. The summed E-state index contributed by atoms with van der Waals surface area (Å²) in [5.74, 6) is 0. The maximum atomic E-state index is 10.5. The summed E-state index contributed by atoms with van der Waals surface area (Å²) in [5, 5.41) is 10.2. The van der Waals surface area contributed by atoms with Crippen molar-refractivity contribution in [1.29, 1.82) is 0 Å². The van der Waals surface area contributed by atoms with Crippen LogP contribution in [0.5, 0.6) is 0 Å². The summed E-state index contributed by atoms with van der Waals surface area (Å²) in [7, 11) is 0. The van der Waals surface area contributed by atoms with Crippen LogP contribution in [-0.2, 0) is 6.61 Å². The molecule has 0 atom stereocenters. The fourth-order valence-electron chi connectivity index (χ4n) is 0.512. The van der Waals surface area contributed by atoms with Crippen LogP contribution in [0.4, 0.5) is 0 Å². The summed E-state index contributed by atoms with van der Waals surface area (Å²) < 4.78 is 0. The molecule has 0 aliphatic heterocycles. The van der Waals surface area contributed by atoms with Crippen molar-refractivity contribution in [2.24, 2.45) is 0 Å². The number of aliphatic hydroxyl groups excluding tert-OH is 1. The Balaban J connectivity index is 3.08. The lowest BCUT2D eigenvalue weighted by Crippen LogP contribution is -1.95. The molecule has 0 aliphatic carbocycles. The Morgan fingerprint density at radius 3 is 2.89 bits per heavy atom. The van der Waals surface area contributed by atoms with Gasteiger partial charge in [-0.2, -0.15) is 0 Å². The van der Waals surface area contributed by atoms with Crippen LogP contribution >= 0.6 is 11.3 Å². The summed E-state index contributed by atoms with van der Waals surface area (Å²) in [6.45, 7) is -0.0409. The van der Waals surface area contributed by atoms with E-state index in [1.54, 1.807) is 5.38 Å². The van der Waals surface area contributed by atoms with Gasteiger partial charge in [-0.1, -0.05) is 0 Å². The Bertz CT molecular complexity index is 241. The summed E-state index contributed by atoms with van der Waals surface area (Å²) in [6, 6.07) is 2.91. The van der Waals surface area contributed by atoms with Crippen molar-refractivity contribution in [3.8, 4) is 0 Å². The molecular formula is C6H6O2S. The third-order valence-electron chi connectivity index (χ3n) is 0.911. The van der Waals surface area contributed by atoms with E-state index in [-0.39, 0.29) is 12.0 Å². The average molecular weight is 142 g/mol. The predicted molar refractivity (Wildman–Crippen MR) is 36.5 cm³/mol. The molecule has 1 N–H and O–H groups in total. The highest BCUT2D eigenvalue weighted by molar-refractivity contribution is 7.09. The Kier molecular flexibility index (Phi) is 1.97. The standard InChI is InChI=1S/C6H6O2S/c7-4-6-3-5(8)1-2-9-6/h1-3,7H,4H2.